The SMILES string of the molecule is O=C(CCN1C(=S)NC(c2ccccn2)C1c1ccco1)Nc1ccc(F)cc1. The summed E-state index contributed by atoms with van der Waals surface area (Å²) in [6, 6.07) is 14.7. The topological polar surface area (TPSA) is 70.4 Å². The van der Waals surface area contributed by atoms with Gasteiger partial charge in [0.2, 0.25) is 5.91 Å². The molecule has 0 saturated carbocycles. The molecule has 0 radical (unpaired) electrons. The van der Waals surface area contributed by atoms with Gasteiger partial charge in [0.1, 0.15) is 17.6 Å². The van der Waals surface area contributed by atoms with Gasteiger partial charge < -0.3 is 20.0 Å². The number of halogens is 1. The van der Waals surface area contributed by atoms with Crippen molar-refractivity contribution < 1.29 is 13.6 Å². The summed E-state index contributed by atoms with van der Waals surface area (Å²) in [5.74, 6) is 0.212. The standard InChI is InChI=1S/C21H19FN4O2S/c22-14-6-8-15(9-7-14)24-18(27)10-12-26-20(17-5-3-13-28-17)19(25-21(26)29)16-4-1-2-11-23-16/h1-9,11,13,19-20H,10,12H2,(H,24,27)(H,25,29). The van der Waals surface area contributed by atoms with Crippen molar-refractivity contribution >= 4 is 28.9 Å². The van der Waals surface area contributed by atoms with E-state index < -0.39 is 0 Å². The number of thiocarbonyl (C=S) groups is 1. The quantitative estimate of drug-likeness (QED) is 0.602. The van der Waals surface area contributed by atoms with E-state index in [0.29, 0.717) is 17.3 Å². The highest BCUT2D eigenvalue weighted by molar-refractivity contribution is 7.80. The van der Waals surface area contributed by atoms with Crippen LogP contribution < -0.4 is 10.6 Å². The van der Waals surface area contributed by atoms with Crippen LogP contribution >= 0.6 is 12.2 Å². The van der Waals surface area contributed by atoms with Gasteiger partial charge >= 0.3 is 0 Å². The lowest BCUT2D eigenvalue weighted by Crippen LogP contribution is -2.32. The second kappa shape index (κ2) is 8.40. The Morgan fingerprint density at radius 2 is 2.03 bits per heavy atom. The summed E-state index contributed by atoms with van der Waals surface area (Å²) >= 11 is 5.54. The lowest BCUT2D eigenvalue weighted by molar-refractivity contribution is -0.116. The Bertz CT molecular complexity index is 980. The number of nitrogens with one attached hydrogen (secondary N) is 2. The van der Waals surface area contributed by atoms with Crippen LogP contribution in [0.3, 0.4) is 0 Å². The smallest absolute Gasteiger partial charge is 0.226 e. The zero-order valence-electron chi connectivity index (χ0n) is 15.4. The van der Waals surface area contributed by atoms with Gasteiger partial charge in [0.05, 0.1) is 18.0 Å². The maximum atomic E-state index is 13.0. The summed E-state index contributed by atoms with van der Waals surface area (Å²) in [5.41, 5.74) is 1.39. The molecule has 1 aliphatic heterocycles. The molecule has 0 bridgehead atoms. The number of hydrogen-bond donors (Lipinski definition) is 2. The molecule has 2 unspecified atom stereocenters. The number of carbonyl (C=O) groups excluding carboxylic acids is 1. The van der Waals surface area contributed by atoms with Gasteiger partial charge in [0, 0.05) is 24.8 Å². The van der Waals surface area contributed by atoms with E-state index in [1.165, 1.54) is 24.3 Å². The molecule has 1 amide bonds. The number of aromatic nitrogens is 1. The first-order chi connectivity index (χ1) is 14.1. The first-order valence-electron chi connectivity index (χ1n) is 9.19. The Labute approximate surface area is 172 Å². The largest absolute Gasteiger partial charge is 0.467 e. The van der Waals surface area contributed by atoms with Crippen molar-refractivity contribution in [3.8, 4) is 0 Å². The third-order valence-electron chi connectivity index (χ3n) is 4.74. The fourth-order valence-corrected chi connectivity index (χ4v) is 3.73. The van der Waals surface area contributed by atoms with E-state index in [1.54, 1.807) is 12.5 Å². The molecule has 6 nitrogen and oxygen atoms in total. The maximum Gasteiger partial charge on any atom is 0.226 e. The van der Waals surface area contributed by atoms with Crippen molar-refractivity contribution in [2.45, 2.75) is 18.5 Å². The molecule has 4 rings (SSSR count). The van der Waals surface area contributed by atoms with Crippen LogP contribution in [0.1, 0.15) is 30.0 Å². The fourth-order valence-electron chi connectivity index (χ4n) is 3.39. The van der Waals surface area contributed by atoms with Crippen molar-refractivity contribution in [3.63, 3.8) is 0 Å². The predicted octanol–water partition coefficient (Wildman–Crippen LogP) is 3.82. The van der Waals surface area contributed by atoms with Crippen LogP contribution in [0.15, 0.2) is 71.5 Å². The van der Waals surface area contributed by atoms with Gasteiger partial charge in [-0.05, 0) is 60.7 Å². The molecule has 1 saturated heterocycles. The van der Waals surface area contributed by atoms with Crippen LogP contribution in [0.4, 0.5) is 10.1 Å². The van der Waals surface area contributed by atoms with Gasteiger partial charge in [-0.3, -0.25) is 9.78 Å². The molecule has 3 heterocycles. The first-order valence-corrected chi connectivity index (χ1v) is 9.59. The lowest BCUT2D eigenvalue weighted by atomic mass is 10.0. The molecule has 29 heavy (non-hydrogen) atoms. The monoisotopic (exact) mass is 410 g/mol. The molecule has 8 heteroatoms. The number of hydrogen-bond acceptors (Lipinski definition) is 4. The van der Waals surface area contributed by atoms with Crippen LogP contribution in [0.2, 0.25) is 0 Å². The second-order valence-electron chi connectivity index (χ2n) is 6.64. The van der Waals surface area contributed by atoms with Gasteiger partial charge in [0.25, 0.3) is 0 Å². The molecule has 3 aromatic rings. The highest BCUT2D eigenvalue weighted by Gasteiger charge is 2.41. The van der Waals surface area contributed by atoms with E-state index in [2.05, 4.69) is 15.6 Å². The minimum Gasteiger partial charge on any atom is -0.467 e. The average Bonchev–Trinajstić information content (AvgIpc) is 3.36. The Morgan fingerprint density at radius 3 is 2.72 bits per heavy atom. The van der Waals surface area contributed by atoms with E-state index in [-0.39, 0.29) is 30.2 Å². The number of nitrogens with zero attached hydrogens (tertiary/aromatic N) is 2. The molecule has 0 spiro atoms. The van der Waals surface area contributed by atoms with Gasteiger partial charge in [-0.1, -0.05) is 6.07 Å². The summed E-state index contributed by atoms with van der Waals surface area (Å²) < 4.78 is 18.7. The molecular weight excluding hydrogens is 391 g/mol. The van der Waals surface area contributed by atoms with Crippen LogP contribution in [0.5, 0.6) is 0 Å². The summed E-state index contributed by atoms with van der Waals surface area (Å²) in [7, 11) is 0. The van der Waals surface area contributed by atoms with Crippen LogP contribution in [-0.2, 0) is 4.79 Å². The maximum absolute atomic E-state index is 13.0. The Hall–Kier alpha value is -3.26. The Balaban J connectivity index is 1.48. The van der Waals surface area contributed by atoms with Crippen LogP contribution in [-0.4, -0.2) is 27.4 Å². The van der Waals surface area contributed by atoms with Gasteiger partial charge in [-0.25, -0.2) is 4.39 Å². The normalized spacial score (nSPS) is 18.5. The number of rotatable bonds is 6. The molecule has 148 valence electrons. The van der Waals surface area contributed by atoms with Crippen molar-refractivity contribution in [2.75, 3.05) is 11.9 Å². The predicted molar refractivity (Wildman–Crippen MR) is 111 cm³/mol. The number of anilines is 1. The molecule has 1 aromatic carbocycles. The number of pyridine rings is 1. The lowest BCUT2D eigenvalue weighted by Gasteiger charge is -2.25. The Morgan fingerprint density at radius 1 is 1.21 bits per heavy atom. The Kier molecular flexibility index (Phi) is 5.53. The first kappa shape index (κ1) is 19.1. The summed E-state index contributed by atoms with van der Waals surface area (Å²) in [5, 5.41) is 6.61. The number of furan rings is 1. The zero-order valence-corrected chi connectivity index (χ0v) is 16.2. The van der Waals surface area contributed by atoms with Crippen LogP contribution in [0, 0.1) is 5.82 Å². The number of benzene rings is 1. The zero-order chi connectivity index (χ0) is 20.2. The fraction of sp³-hybridized carbons (Fsp3) is 0.190. The molecule has 1 fully saturated rings. The second-order valence-corrected chi connectivity index (χ2v) is 7.03. The molecule has 0 aliphatic carbocycles. The van der Waals surface area contributed by atoms with E-state index in [0.717, 1.165) is 11.5 Å². The minimum absolute atomic E-state index is 0.182. The summed E-state index contributed by atoms with van der Waals surface area (Å²) in [6.07, 6.45) is 3.56. The minimum atomic E-state index is -0.349. The van der Waals surface area contributed by atoms with Crippen LogP contribution in [0.25, 0.3) is 0 Å². The van der Waals surface area contributed by atoms with Crippen molar-refractivity contribution in [3.05, 3.63) is 84.3 Å². The summed E-state index contributed by atoms with van der Waals surface area (Å²) in [6.45, 7) is 0.396. The van der Waals surface area contributed by atoms with Crippen molar-refractivity contribution in [1.82, 2.24) is 15.2 Å². The highest BCUT2D eigenvalue weighted by atomic mass is 32.1. The number of amides is 1. The molecule has 2 atom stereocenters. The molecule has 2 N–H and O–H groups in total. The van der Waals surface area contributed by atoms with Crippen molar-refractivity contribution in [1.29, 1.82) is 0 Å². The van der Waals surface area contributed by atoms with Gasteiger partial charge in [0.15, 0.2) is 5.11 Å². The van der Waals surface area contributed by atoms with E-state index in [4.69, 9.17) is 16.6 Å². The van der Waals surface area contributed by atoms with E-state index >= 15 is 0 Å². The third-order valence-corrected chi connectivity index (χ3v) is 5.09. The average molecular weight is 410 g/mol. The van der Waals surface area contributed by atoms with Crippen molar-refractivity contribution in [2.24, 2.45) is 0 Å². The van der Waals surface area contributed by atoms with Gasteiger partial charge in [-0.15, -0.1) is 0 Å². The molecule has 1 aliphatic rings. The highest BCUT2D eigenvalue weighted by Crippen LogP contribution is 2.38. The number of carbonyl (C=O) groups is 1. The molecule has 2 aromatic heterocycles. The third kappa shape index (κ3) is 4.27. The summed E-state index contributed by atoms with van der Waals surface area (Å²) in [4.78, 5) is 18.8. The van der Waals surface area contributed by atoms with Gasteiger partial charge in [-0.2, -0.15) is 0 Å². The van der Waals surface area contributed by atoms with E-state index in [9.17, 15) is 9.18 Å². The van der Waals surface area contributed by atoms with E-state index in [1.807, 2.05) is 35.2 Å². The molecular formula is C21H19FN4O2S.